The van der Waals surface area contributed by atoms with Gasteiger partial charge in [-0.1, -0.05) is 0 Å². The largest absolute Gasteiger partial charge is 0.497 e. The van der Waals surface area contributed by atoms with Crippen LogP contribution in [0.25, 0.3) is 0 Å². The predicted molar refractivity (Wildman–Crippen MR) is 99.9 cm³/mol. The minimum Gasteiger partial charge on any atom is -0.497 e. The fourth-order valence-corrected chi connectivity index (χ4v) is 3.75. The lowest BCUT2D eigenvalue weighted by atomic mass is 9.96. The molecule has 1 aliphatic rings. The van der Waals surface area contributed by atoms with Crippen LogP contribution in [0.15, 0.2) is 23.0 Å². The van der Waals surface area contributed by atoms with E-state index in [0.29, 0.717) is 6.54 Å². The first-order valence-electron chi connectivity index (χ1n) is 9.13. The predicted octanol–water partition coefficient (Wildman–Crippen LogP) is 2.00. The molecule has 142 valence electrons. The van der Waals surface area contributed by atoms with Crippen LogP contribution in [-0.4, -0.2) is 46.6 Å². The van der Waals surface area contributed by atoms with E-state index in [9.17, 15) is 4.79 Å². The van der Waals surface area contributed by atoms with E-state index in [0.717, 1.165) is 55.4 Å². The number of hydrogen-bond donors (Lipinski definition) is 0. The van der Waals surface area contributed by atoms with Gasteiger partial charge < -0.3 is 9.47 Å². The maximum Gasteiger partial charge on any atom is 0.345 e. The summed E-state index contributed by atoms with van der Waals surface area (Å²) in [6.07, 6.45) is 2.16. The molecule has 0 N–H and O–H groups in total. The molecule has 0 radical (unpaired) electrons. The third kappa shape index (κ3) is 3.77. The van der Waals surface area contributed by atoms with Gasteiger partial charge in [0.15, 0.2) is 0 Å². The highest BCUT2D eigenvalue weighted by Gasteiger charge is 2.26. The number of hydrogen-bond acceptors (Lipinski definition) is 5. The second-order valence-electron chi connectivity index (χ2n) is 6.80. The minimum absolute atomic E-state index is 0.0304. The first-order chi connectivity index (χ1) is 12.5. The standard InChI is InChI=1S/C19H28N4O3/c1-5-23-18(20-21(2)19(23)24)15-7-6-8-22(13-15)12-14-9-16(25-3)11-17(10-14)26-4/h9-11,15H,5-8,12-13H2,1-4H3/t15-/m0/s1. The Morgan fingerprint density at radius 3 is 2.50 bits per heavy atom. The minimum atomic E-state index is -0.0304. The molecule has 0 amide bonds. The number of ether oxygens (including phenoxy) is 2. The monoisotopic (exact) mass is 360 g/mol. The molecule has 1 fully saturated rings. The highest BCUT2D eigenvalue weighted by Crippen LogP contribution is 2.28. The van der Waals surface area contributed by atoms with Gasteiger partial charge in [-0.3, -0.25) is 9.47 Å². The van der Waals surface area contributed by atoms with E-state index in [4.69, 9.17) is 9.47 Å². The smallest absolute Gasteiger partial charge is 0.345 e. The summed E-state index contributed by atoms with van der Waals surface area (Å²) < 4.78 is 14.0. The molecule has 1 aliphatic heterocycles. The lowest BCUT2D eigenvalue weighted by Gasteiger charge is -2.32. The van der Waals surface area contributed by atoms with Gasteiger partial charge in [0.25, 0.3) is 0 Å². The van der Waals surface area contributed by atoms with Crippen LogP contribution < -0.4 is 15.2 Å². The molecule has 1 aromatic heterocycles. The van der Waals surface area contributed by atoms with Crippen molar-refractivity contribution in [2.45, 2.75) is 38.8 Å². The number of piperidine rings is 1. The molecule has 7 nitrogen and oxygen atoms in total. The Kier molecular flexibility index (Phi) is 5.66. The van der Waals surface area contributed by atoms with Gasteiger partial charge in [0.1, 0.15) is 17.3 Å². The van der Waals surface area contributed by atoms with Crippen molar-refractivity contribution in [3.63, 3.8) is 0 Å². The van der Waals surface area contributed by atoms with Crippen LogP contribution in [0.5, 0.6) is 11.5 Å². The summed E-state index contributed by atoms with van der Waals surface area (Å²) in [5, 5.41) is 4.50. The van der Waals surface area contributed by atoms with E-state index in [2.05, 4.69) is 22.1 Å². The molecule has 0 aliphatic carbocycles. The van der Waals surface area contributed by atoms with Gasteiger partial charge in [-0.2, -0.15) is 5.10 Å². The number of benzene rings is 1. The molecule has 0 saturated carbocycles. The van der Waals surface area contributed by atoms with E-state index >= 15 is 0 Å². The SMILES string of the molecule is CCn1c([C@H]2CCCN(Cc3cc(OC)cc(OC)c3)C2)nn(C)c1=O. The Morgan fingerprint density at radius 2 is 1.88 bits per heavy atom. The third-order valence-corrected chi connectivity index (χ3v) is 5.04. The molecule has 0 spiro atoms. The molecule has 2 heterocycles. The first kappa shape index (κ1) is 18.5. The molecule has 1 atom stereocenters. The van der Waals surface area contributed by atoms with E-state index in [1.807, 2.05) is 13.0 Å². The van der Waals surface area contributed by atoms with Crippen molar-refractivity contribution in [1.29, 1.82) is 0 Å². The van der Waals surface area contributed by atoms with Crippen molar-refractivity contribution in [2.75, 3.05) is 27.3 Å². The normalized spacial score (nSPS) is 18.1. The Hall–Kier alpha value is -2.28. The number of aromatic nitrogens is 3. The molecule has 7 heteroatoms. The van der Waals surface area contributed by atoms with Gasteiger partial charge in [-0.15, -0.1) is 0 Å². The van der Waals surface area contributed by atoms with Crippen molar-refractivity contribution >= 4 is 0 Å². The molecular weight excluding hydrogens is 332 g/mol. The van der Waals surface area contributed by atoms with Crippen molar-refractivity contribution in [2.24, 2.45) is 7.05 Å². The van der Waals surface area contributed by atoms with Crippen LogP contribution in [0.4, 0.5) is 0 Å². The van der Waals surface area contributed by atoms with Crippen LogP contribution in [0.2, 0.25) is 0 Å². The number of rotatable bonds is 6. The average molecular weight is 360 g/mol. The highest BCUT2D eigenvalue weighted by atomic mass is 16.5. The van der Waals surface area contributed by atoms with Crippen molar-refractivity contribution < 1.29 is 9.47 Å². The van der Waals surface area contributed by atoms with Gasteiger partial charge in [0.2, 0.25) is 0 Å². The fourth-order valence-electron chi connectivity index (χ4n) is 3.75. The Labute approximate surface area is 154 Å². The summed E-state index contributed by atoms with van der Waals surface area (Å²) >= 11 is 0. The topological polar surface area (TPSA) is 61.5 Å². The molecule has 0 unspecified atom stereocenters. The number of methoxy groups -OCH3 is 2. The summed E-state index contributed by atoms with van der Waals surface area (Å²) in [5.74, 6) is 2.80. The van der Waals surface area contributed by atoms with E-state index in [-0.39, 0.29) is 11.6 Å². The Morgan fingerprint density at radius 1 is 1.19 bits per heavy atom. The molecule has 1 saturated heterocycles. The average Bonchev–Trinajstić information content (AvgIpc) is 2.95. The van der Waals surface area contributed by atoms with Crippen molar-refractivity contribution in [1.82, 2.24) is 19.2 Å². The molecule has 26 heavy (non-hydrogen) atoms. The quantitative estimate of drug-likeness (QED) is 0.788. The van der Waals surface area contributed by atoms with Crippen LogP contribution in [-0.2, 0) is 20.1 Å². The second-order valence-corrected chi connectivity index (χ2v) is 6.80. The number of nitrogens with zero attached hydrogens (tertiary/aromatic N) is 4. The summed E-state index contributed by atoms with van der Waals surface area (Å²) in [6.45, 7) is 5.42. The maximum absolute atomic E-state index is 12.2. The summed E-state index contributed by atoms with van der Waals surface area (Å²) in [4.78, 5) is 14.6. The summed E-state index contributed by atoms with van der Waals surface area (Å²) in [7, 11) is 5.06. The van der Waals surface area contributed by atoms with Crippen molar-refractivity contribution in [3.8, 4) is 11.5 Å². The second kappa shape index (κ2) is 7.95. The zero-order chi connectivity index (χ0) is 18.7. The Balaban J connectivity index is 1.77. The third-order valence-electron chi connectivity index (χ3n) is 5.04. The van der Waals surface area contributed by atoms with Gasteiger partial charge in [-0.25, -0.2) is 9.48 Å². The van der Waals surface area contributed by atoms with Crippen LogP contribution in [0.3, 0.4) is 0 Å². The molecular formula is C19H28N4O3. The summed E-state index contributed by atoms with van der Waals surface area (Å²) in [6, 6.07) is 5.99. The number of likely N-dealkylation sites (tertiary alicyclic amines) is 1. The molecule has 2 aromatic rings. The van der Waals surface area contributed by atoms with E-state index in [1.54, 1.807) is 25.8 Å². The zero-order valence-electron chi connectivity index (χ0n) is 16.1. The van der Waals surface area contributed by atoms with E-state index in [1.165, 1.54) is 4.68 Å². The molecule has 0 bridgehead atoms. The van der Waals surface area contributed by atoms with Crippen LogP contribution in [0, 0.1) is 0 Å². The van der Waals surface area contributed by atoms with Crippen molar-refractivity contribution in [3.05, 3.63) is 40.1 Å². The van der Waals surface area contributed by atoms with Gasteiger partial charge in [-0.05, 0) is 44.0 Å². The van der Waals surface area contributed by atoms with Crippen LogP contribution in [0.1, 0.15) is 37.1 Å². The van der Waals surface area contributed by atoms with Gasteiger partial charge >= 0.3 is 5.69 Å². The molecule has 1 aromatic carbocycles. The number of aryl methyl sites for hydroxylation is 1. The van der Waals surface area contributed by atoms with Gasteiger partial charge in [0.05, 0.1) is 14.2 Å². The van der Waals surface area contributed by atoms with E-state index < -0.39 is 0 Å². The molecule has 3 rings (SSSR count). The zero-order valence-corrected chi connectivity index (χ0v) is 16.1. The maximum atomic E-state index is 12.2. The highest BCUT2D eigenvalue weighted by molar-refractivity contribution is 5.38. The van der Waals surface area contributed by atoms with Gasteiger partial charge in [0, 0.05) is 38.7 Å². The Bertz CT molecular complexity index is 789. The van der Waals surface area contributed by atoms with Crippen LogP contribution >= 0.6 is 0 Å². The first-order valence-corrected chi connectivity index (χ1v) is 9.13. The summed E-state index contributed by atoms with van der Waals surface area (Å²) in [5.41, 5.74) is 1.13. The fraction of sp³-hybridized carbons (Fsp3) is 0.579. The lowest BCUT2D eigenvalue weighted by molar-refractivity contribution is 0.194. The lowest BCUT2D eigenvalue weighted by Crippen LogP contribution is -2.35.